The Morgan fingerprint density at radius 2 is 2.05 bits per heavy atom. The van der Waals surface area contributed by atoms with Gasteiger partial charge < -0.3 is 4.90 Å². The van der Waals surface area contributed by atoms with Crippen molar-refractivity contribution in [2.45, 2.75) is 19.3 Å². The highest BCUT2D eigenvalue weighted by Gasteiger charge is 2.24. The van der Waals surface area contributed by atoms with Crippen molar-refractivity contribution < 1.29 is 13.2 Å². The summed E-state index contributed by atoms with van der Waals surface area (Å²) < 4.78 is 26.4. The van der Waals surface area contributed by atoms with Gasteiger partial charge in [0.2, 0.25) is 15.9 Å². The van der Waals surface area contributed by atoms with E-state index in [-0.39, 0.29) is 11.7 Å². The third-order valence-electron chi connectivity index (χ3n) is 3.08. The van der Waals surface area contributed by atoms with Crippen molar-refractivity contribution in [2.24, 2.45) is 0 Å². The molecule has 1 N–H and O–H groups in total. The molecule has 1 fully saturated rings. The molecule has 1 saturated heterocycles. The van der Waals surface area contributed by atoms with E-state index in [0.717, 1.165) is 6.42 Å². The lowest BCUT2D eigenvalue weighted by molar-refractivity contribution is -0.117. The van der Waals surface area contributed by atoms with E-state index in [1.54, 1.807) is 29.2 Å². The van der Waals surface area contributed by atoms with E-state index >= 15 is 0 Å². The Kier molecular flexibility index (Phi) is 4.88. The number of hydrogen-bond acceptors (Lipinski definition) is 3. The molecule has 1 aromatic rings. The second-order valence-electron chi connectivity index (χ2n) is 4.63. The molecule has 1 amide bonds. The number of benzene rings is 1. The summed E-state index contributed by atoms with van der Waals surface area (Å²) in [4.78, 5) is 13.4. The average Bonchev–Trinajstić information content (AvgIpc) is 2.83. The summed E-state index contributed by atoms with van der Waals surface area (Å²) in [6, 6.07) is 6.95. The van der Waals surface area contributed by atoms with Crippen molar-refractivity contribution in [1.82, 2.24) is 0 Å². The number of nitrogens with one attached hydrogen (secondary N) is 1. The van der Waals surface area contributed by atoms with E-state index < -0.39 is 10.0 Å². The second kappa shape index (κ2) is 6.45. The van der Waals surface area contributed by atoms with Crippen molar-refractivity contribution in [2.75, 3.05) is 27.8 Å². The number of halogens is 1. The van der Waals surface area contributed by atoms with Crippen molar-refractivity contribution >= 4 is 38.9 Å². The highest BCUT2D eigenvalue weighted by Crippen LogP contribution is 2.30. The predicted octanol–water partition coefficient (Wildman–Crippen LogP) is 2.18. The Hall–Kier alpha value is -1.27. The number of nitrogens with zero attached hydrogens (tertiary/aromatic N) is 1. The standard InChI is InChI=1S/C13H17ClN2O3S/c14-8-4-10-20(18,19)15-11-5-1-2-6-12(11)16-9-3-7-13(16)17/h1-2,5-6,15H,3-4,7-10H2. The minimum Gasteiger partial charge on any atom is -0.310 e. The largest absolute Gasteiger partial charge is 0.310 e. The maximum atomic E-state index is 11.9. The second-order valence-corrected chi connectivity index (χ2v) is 6.85. The third-order valence-corrected chi connectivity index (χ3v) is 4.70. The van der Waals surface area contributed by atoms with E-state index in [4.69, 9.17) is 11.6 Å². The van der Waals surface area contributed by atoms with Crippen LogP contribution in [0.1, 0.15) is 19.3 Å². The monoisotopic (exact) mass is 316 g/mol. The van der Waals surface area contributed by atoms with Crippen LogP contribution in [0.5, 0.6) is 0 Å². The third kappa shape index (κ3) is 3.64. The number of hydrogen-bond donors (Lipinski definition) is 1. The van der Waals surface area contributed by atoms with Gasteiger partial charge in [0.05, 0.1) is 17.1 Å². The van der Waals surface area contributed by atoms with Crippen LogP contribution in [0.2, 0.25) is 0 Å². The van der Waals surface area contributed by atoms with E-state index in [9.17, 15) is 13.2 Å². The molecule has 0 atom stereocenters. The van der Waals surface area contributed by atoms with Crippen molar-refractivity contribution in [3.8, 4) is 0 Å². The topological polar surface area (TPSA) is 66.5 Å². The number of sulfonamides is 1. The molecule has 0 unspecified atom stereocenters. The minimum atomic E-state index is -3.44. The molecule has 0 radical (unpaired) electrons. The van der Waals surface area contributed by atoms with Gasteiger partial charge in [0.25, 0.3) is 0 Å². The zero-order chi connectivity index (χ0) is 14.6. The molecule has 0 saturated carbocycles. The van der Waals surface area contributed by atoms with Crippen LogP contribution in [0.25, 0.3) is 0 Å². The lowest BCUT2D eigenvalue weighted by Gasteiger charge is -2.20. The number of alkyl halides is 1. The summed E-state index contributed by atoms with van der Waals surface area (Å²) in [7, 11) is -3.44. The van der Waals surface area contributed by atoms with Crippen LogP contribution in [0.4, 0.5) is 11.4 Å². The smallest absolute Gasteiger partial charge is 0.232 e. The maximum absolute atomic E-state index is 11.9. The normalized spacial score (nSPS) is 15.7. The number of carbonyl (C=O) groups is 1. The molecule has 5 nitrogen and oxygen atoms in total. The highest BCUT2D eigenvalue weighted by molar-refractivity contribution is 7.92. The minimum absolute atomic E-state index is 0.0254. The van der Waals surface area contributed by atoms with Gasteiger partial charge in [0.15, 0.2) is 0 Å². The molecule has 0 aliphatic carbocycles. The zero-order valence-corrected chi connectivity index (χ0v) is 12.6. The van der Waals surface area contributed by atoms with E-state index in [1.807, 2.05) is 0 Å². The van der Waals surface area contributed by atoms with E-state index in [0.29, 0.717) is 36.6 Å². The van der Waals surface area contributed by atoms with Gasteiger partial charge in [-0.15, -0.1) is 11.6 Å². The summed E-state index contributed by atoms with van der Waals surface area (Å²) in [6.45, 7) is 0.624. The van der Waals surface area contributed by atoms with Gasteiger partial charge in [-0.05, 0) is 25.0 Å². The first-order chi connectivity index (χ1) is 9.53. The molecule has 20 heavy (non-hydrogen) atoms. The first-order valence-electron chi connectivity index (χ1n) is 6.49. The molecular weight excluding hydrogens is 300 g/mol. The Bertz CT molecular complexity index is 589. The Balaban J connectivity index is 2.22. The molecule has 7 heteroatoms. The number of anilines is 2. The quantitative estimate of drug-likeness (QED) is 0.818. The van der Waals surface area contributed by atoms with Crippen molar-refractivity contribution in [3.63, 3.8) is 0 Å². The Morgan fingerprint density at radius 3 is 2.70 bits per heavy atom. The van der Waals surface area contributed by atoms with E-state index in [1.165, 1.54) is 0 Å². The number of rotatable bonds is 6. The molecule has 1 aliphatic heterocycles. The molecule has 1 aromatic carbocycles. The summed E-state index contributed by atoms with van der Waals surface area (Å²) in [6.07, 6.45) is 1.70. The maximum Gasteiger partial charge on any atom is 0.232 e. The van der Waals surface area contributed by atoms with Gasteiger partial charge >= 0.3 is 0 Å². The molecular formula is C13H17ClN2O3S. The fraction of sp³-hybridized carbons (Fsp3) is 0.462. The first-order valence-corrected chi connectivity index (χ1v) is 8.68. The molecule has 1 heterocycles. The lowest BCUT2D eigenvalue weighted by Crippen LogP contribution is -2.26. The highest BCUT2D eigenvalue weighted by atomic mass is 35.5. The van der Waals surface area contributed by atoms with Crippen LogP contribution in [-0.2, 0) is 14.8 Å². The predicted molar refractivity (Wildman–Crippen MR) is 80.8 cm³/mol. The summed E-state index contributed by atoms with van der Waals surface area (Å²) in [5.74, 6) is 0.295. The number of carbonyl (C=O) groups excluding carboxylic acids is 1. The fourth-order valence-corrected chi connectivity index (χ4v) is 3.59. The SMILES string of the molecule is O=C1CCCN1c1ccccc1NS(=O)(=O)CCCCl. The van der Waals surface area contributed by atoms with Crippen LogP contribution in [0, 0.1) is 0 Å². The molecule has 2 rings (SSSR count). The van der Waals surface area contributed by atoms with Crippen LogP contribution >= 0.6 is 11.6 Å². The summed E-state index contributed by atoms with van der Waals surface area (Å²) in [5, 5.41) is 0. The van der Waals surface area contributed by atoms with Gasteiger partial charge in [-0.3, -0.25) is 9.52 Å². The van der Waals surface area contributed by atoms with Crippen molar-refractivity contribution in [3.05, 3.63) is 24.3 Å². The Labute approximate surface area is 124 Å². The van der Waals surface area contributed by atoms with Gasteiger partial charge in [0.1, 0.15) is 0 Å². The van der Waals surface area contributed by atoms with Gasteiger partial charge in [-0.25, -0.2) is 8.42 Å². The van der Waals surface area contributed by atoms with Crippen LogP contribution in [-0.4, -0.2) is 32.5 Å². The molecule has 1 aliphatic rings. The average molecular weight is 317 g/mol. The van der Waals surface area contributed by atoms with Gasteiger partial charge in [0, 0.05) is 18.8 Å². The van der Waals surface area contributed by atoms with Crippen LogP contribution in [0.3, 0.4) is 0 Å². The molecule has 0 spiro atoms. The summed E-state index contributed by atoms with van der Waals surface area (Å²) in [5.41, 5.74) is 1.06. The van der Waals surface area contributed by atoms with E-state index in [2.05, 4.69) is 4.72 Å². The lowest BCUT2D eigenvalue weighted by atomic mass is 10.2. The molecule has 110 valence electrons. The molecule has 0 bridgehead atoms. The van der Waals surface area contributed by atoms with Crippen LogP contribution < -0.4 is 9.62 Å². The van der Waals surface area contributed by atoms with Crippen molar-refractivity contribution in [1.29, 1.82) is 0 Å². The molecule has 0 aromatic heterocycles. The fourth-order valence-electron chi connectivity index (χ4n) is 2.16. The zero-order valence-electron chi connectivity index (χ0n) is 11.0. The first kappa shape index (κ1) is 15.1. The Morgan fingerprint density at radius 1 is 1.30 bits per heavy atom. The van der Waals surface area contributed by atoms with Gasteiger partial charge in [-0.2, -0.15) is 0 Å². The van der Waals surface area contributed by atoms with Gasteiger partial charge in [-0.1, -0.05) is 12.1 Å². The number of para-hydroxylation sites is 2. The van der Waals surface area contributed by atoms with Crippen LogP contribution in [0.15, 0.2) is 24.3 Å². The summed E-state index contributed by atoms with van der Waals surface area (Å²) >= 11 is 5.52. The number of amides is 1.